The molecule has 28 heavy (non-hydrogen) atoms. The monoisotopic (exact) mass is 401 g/mol. The Morgan fingerprint density at radius 3 is 2.36 bits per heavy atom. The SMILES string of the molecule is CC(C)(C)CNC(=O)c1ccc(C(=O)N2CCCc3c(N)cccc32)cc1.Cl. The molecule has 1 aliphatic heterocycles. The van der Waals surface area contributed by atoms with Crippen molar-refractivity contribution < 1.29 is 9.59 Å². The van der Waals surface area contributed by atoms with Crippen LogP contribution in [0.5, 0.6) is 0 Å². The largest absolute Gasteiger partial charge is 0.398 e. The number of fused-ring (bicyclic) bond motifs is 1. The topological polar surface area (TPSA) is 75.4 Å². The summed E-state index contributed by atoms with van der Waals surface area (Å²) in [5, 5.41) is 2.92. The number of nitrogens with one attached hydrogen (secondary N) is 1. The van der Waals surface area contributed by atoms with Crippen LogP contribution in [0.15, 0.2) is 42.5 Å². The Hall–Kier alpha value is -2.53. The molecule has 5 nitrogen and oxygen atoms in total. The number of anilines is 2. The number of nitrogens with zero attached hydrogens (tertiary/aromatic N) is 1. The van der Waals surface area contributed by atoms with Gasteiger partial charge in [0.05, 0.1) is 0 Å². The second-order valence-corrected chi connectivity index (χ2v) is 8.23. The molecular formula is C22H28ClN3O2. The smallest absolute Gasteiger partial charge is 0.258 e. The number of hydrogen-bond acceptors (Lipinski definition) is 3. The lowest BCUT2D eigenvalue weighted by Crippen LogP contribution is -2.36. The predicted octanol–water partition coefficient (Wildman–Crippen LogP) is 4.06. The molecule has 0 bridgehead atoms. The van der Waals surface area contributed by atoms with Crippen LogP contribution in [0.4, 0.5) is 11.4 Å². The molecule has 0 spiro atoms. The van der Waals surface area contributed by atoms with E-state index in [1.54, 1.807) is 29.2 Å². The van der Waals surface area contributed by atoms with Gasteiger partial charge in [0.15, 0.2) is 0 Å². The fourth-order valence-corrected chi connectivity index (χ4v) is 3.23. The van der Waals surface area contributed by atoms with Crippen LogP contribution in [0.25, 0.3) is 0 Å². The summed E-state index contributed by atoms with van der Waals surface area (Å²) in [6.07, 6.45) is 1.78. The third-order valence-electron chi connectivity index (χ3n) is 4.71. The molecule has 0 aromatic heterocycles. The number of amides is 2. The summed E-state index contributed by atoms with van der Waals surface area (Å²) in [4.78, 5) is 27.0. The van der Waals surface area contributed by atoms with Crippen LogP contribution in [0.2, 0.25) is 0 Å². The van der Waals surface area contributed by atoms with Gasteiger partial charge in [-0.25, -0.2) is 0 Å². The van der Waals surface area contributed by atoms with E-state index in [2.05, 4.69) is 26.1 Å². The van der Waals surface area contributed by atoms with E-state index in [1.165, 1.54) is 0 Å². The molecule has 2 aromatic carbocycles. The maximum absolute atomic E-state index is 13.0. The summed E-state index contributed by atoms with van der Waals surface area (Å²) in [6.45, 7) is 7.47. The van der Waals surface area contributed by atoms with Crippen molar-refractivity contribution in [1.82, 2.24) is 5.32 Å². The average Bonchev–Trinajstić information content (AvgIpc) is 2.65. The highest BCUT2D eigenvalue weighted by atomic mass is 35.5. The van der Waals surface area contributed by atoms with Crippen molar-refractivity contribution in [1.29, 1.82) is 0 Å². The summed E-state index contributed by atoms with van der Waals surface area (Å²) >= 11 is 0. The van der Waals surface area contributed by atoms with E-state index in [0.717, 1.165) is 29.8 Å². The summed E-state index contributed by atoms with van der Waals surface area (Å²) < 4.78 is 0. The van der Waals surface area contributed by atoms with Crippen molar-refractivity contribution in [3.8, 4) is 0 Å². The van der Waals surface area contributed by atoms with E-state index in [9.17, 15) is 9.59 Å². The summed E-state index contributed by atoms with van der Waals surface area (Å²) in [6, 6.07) is 12.5. The van der Waals surface area contributed by atoms with Crippen LogP contribution >= 0.6 is 12.4 Å². The van der Waals surface area contributed by atoms with Crippen molar-refractivity contribution >= 4 is 35.6 Å². The van der Waals surface area contributed by atoms with Crippen LogP contribution in [0.1, 0.15) is 53.5 Å². The summed E-state index contributed by atoms with van der Waals surface area (Å²) in [5.74, 6) is -0.191. The lowest BCUT2D eigenvalue weighted by atomic mass is 9.97. The number of halogens is 1. The van der Waals surface area contributed by atoms with E-state index < -0.39 is 0 Å². The van der Waals surface area contributed by atoms with Crippen molar-refractivity contribution in [3.63, 3.8) is 0 Å². The third kappa shape index (κ3) is 4.84. The van der Waals surface area contributed by atoms with Gasteiger partial charge >= 0.3 is 0 Å². The van der Waals surface area contributed by atoms with Crippen molar-refractivity contribution in [3.05, 3.63) is 59.2 Å². The lowest BCUT2D eigenvalue weighted by Gasteiger charge is -2.30. The predicted molar refractivity (Wildman–Crippen MR) is 116 cm³/mol. The van der Waals surface area contributed by atoms with E-state index in [0.29, 0.717) is 24.2 Å². The molecule has 0 atom stereocenters. The molecule has 0 saturated heterocycles. The Balaban J connectivity index is 0.00000280. The first-order valence-corrected chi connectivity index (χ1v) is 9.34. The zero-order valence-corrected chi connectivity index (χ0v) is 17.4. The maximum atomic E-state index is 13.0. The highest BCUT2D eigenvalue weighted by molar-refractivity contribution is 6.07. The number of rotatable bonds is 3. The molecule has 1 heterocycles. The van der Waals surface area contributed by atoms with Gasteiger partial charge in [0.2, 0.25) is 0 Å². The lowest BCUT2D eigenvalue weighted by molar-refractivity contribution is 0.0936. The Labute approximate surface area is 172 Å². The first kappa shape index (κ1) is 21.8. The van der Waals surface area contributed by atoms with Gasteiger partial charge in [0, 0.05) is 35.6 Å². The fourth-order valence-electron chi connectivity index (χ4n) is 3.23. The van der Waals surface area contributed by atoms with Crippen LogP contribution in [0, 0.1) is 5.41 Å². The Kier molecular flexibility index (Phi) is 6.73. The molecule has 0 aliphatic carbocycles. The Morgan fingerprint density at radius 2 is 1.71 bits per heavy atom. The molecule has 1 aliphatic rings. The van der Waals surface area contributed by atoms with Gasteiger partial charge in [-0.1, -0.05) is 26.8 Å². The van der Waals surface area contributed by atoms with E-state index in [1.807, 2.05) is 18.2 Å². The highest BCUT2D eigenvalue weighted by Crippen LogP contribution is 2.32. The van der Waals surface area contributed by atoms with Crippen LogP contribution < -0.4 is 16.0 Å². The number of hydrogen-bond donors (Lipinski definition) is 2. The maximum Gasteiger partial charge on any atom is 0.258 e. The number of nitrogen functional groups attached to an aromatic ring is 1. The zero-order valence-electron chi connectivity index (χ0n) is 16.6. The van der Waals surface area contributed by atoms with Crippen molar-refractivity contribution in [2.75, 3.05) is 23.7 Å². The van der Waals surface area contributed by atoms with E-state index in [-0.39, 0.29) is 29.6 Å². The number of carbonyl (C=O) groups excluding carboxylic acids is 2. The number of carbonyl (C=O) groups is 2. The molecule has 0 saturated carbocycles. The average molecular weight is 402 g/mol. The quantitative estimate of drug-likeness (QED) is 0.761. The van der Waals surface area contributed by atoms with Crippen LogP contribution in [-0.4, -0.2) is 24.9 Å². The minimum absolute atomic E-state index is 0. The number of nitrogens with two attached hydrogens (primary N) is 1. The van der Waals surface area contributed by atoms with Gasteiger partial charge in [-0.15, -0.1) is 12.4 Å². The van der Waals surface area contributed by atoms with Gasteiger partial charge in [0.1, 0.15) is 0 Å². The molecule has 2 aromatic rings. The van der Waals surface area contributed by atoms with Gasteiger partial charge in [0.25, 0.3) is 11.8 Å². The van der Waals surface area contributed by atoms with Gasteiger partial charge in [-0.05, 0) is 60.2 Å². The first-order chi connectivity index (χ1) is 12.8. The minimum atomic E-state index is -0.125. The molecule has 3 N–H and O–H groups in total. The minimum Gasteiger partial charge on any atom is -0.398 e. The van der Waals surface area contributed by atoms with Crippen LogP contribution in [-0.2, 0) is 6.42 Å². The van der Waals surface area contributed by atoms with Crippen LogP contribution in [0.3, 0.4) is 0 Å². The molecule has 6 heteroatoms. The zero-order chi connectivity index (χ0) is 19.6. The molecular weight excluding hydrogens is 374 g/mol. The number of benzene rings is 2. The molecule has 150 valence electrons. The summed E-state index contributed by atoms with van der Waals surface area (Å²) in [5.41, 5.74) is 9.87. The van der Waals surface area contributed by atoms with E-state index >= 15 is 0 Å². The van der Waals surface area contributed by atoms with Gasteiger partial charge in [-0.2, -0.15) is 0 Å². The third-order valence-corrected chi connectivity index (χ3v) is 4.71. The van der Waals surface area contributed by atoms with E-state index in [4.69, 9.17) is 5.73 Å². The second-order valence-electron chi connectivity index (χ2n) is 8.23. The van der Waals surface area contributed by atoms with Gasteiger partial charge in [-0.3, -0.25) is 9.59 Å². The molecule has 3 rings (SSSR count). The molecule has 0 fully saturated rings. The molecule has 0 radical (unpaired) electrons. The first-order valence-electron chi connectivity index (χ1n) is 9.34. The Morgan fingerprint density at radius 1 is 1.07 bits per heavy atom. The van der Waals surface area contributed by atoms with Gasteiger partial charge < -0.3 is 16.0 Å². The van der Waals surface area contributed by atoms with Crippen molar-refractivity contribution in [2.45, 2.75) is 33.6 Å². The molecule has 2 amide bonds. The fraction of sp³-hybridized carbons (Fsp3) is 0.364. The normalized spacial score (nSPS) is 13.3. The second kappa shape index (κ2) is 8.65. The summed E-state index contributed by atoms with van der Waals surface area (Å²) in [7, 11) is 0. The highest BCUT2D eigenvalue weighted by Gasteiger charge is 2.24. The standard InChI is InChI=1S/C22H27N3O2.ClH/c1-22(2,3)14-24-20(26)15-9-11-16(12-10-15)21(27)25-13-5-6-17-18(23)7-4-8-19(17)25;/h4,7-12H,5-6,13-14,23H2,1-3H3,(H,24,26);1H. The molecule has 0 unspecified atom stereocenters. The Bertz CT molecular complexity index is 857. The van der Waals surface area contributed by atoms with Crippen molar-refractivity contribution in [2.24, 2.45) is 5.41 Å².